The number of carboxylic acid groups (broad SMARTS) is 1. The molecule has 0 radical (unpaired) electrons. The first-order valence-electron chi connectivity index (χ1n) is 6.95. The van der Waals surface area contributed by atoms with Crippen molar-refractivity contribution in [1.82, 2.24) is 4.90 Å². The van der Waals surface area contributed by atoms with E-state index in [4.69, 9.17) is 5.11 Å². The van der Waals surface area contributed by atoms with Gasteiger partial charge in [-0.15, -0.1) is 0 Å². The molecule has 2 aliphatic rings. The normalized spacial score (nSPS) is 30.6. The lowest BCUT2D eigenvalue weighted by molar-refractivity contribution is -0.138. The quantitative estimate of drug-likeness (QED) is 0.823. The zero-order chi connectivity index (χ0) is 12.5. The molecule has 1 aliphatic carbocycles. The first kappa shape index (κ1) is 12.9. The van der Waals surface area contributed by atoms with E-state index >= 15 is 0 Å². The number of carboxylic acids is 1. The van der Waals surface area contributed by atoms with Gasteiger partial charge < -0.3 is 5.11 Å². The fourth-order valence-electron chi connectivity index (χ4n) is 3.48. The average Bonchev–Trinajstić information content (AvgIpc) is 2.65. The van der Waals surface area contributed by atoms with E-state index < -0.39 is 5.97 Å². The Labute approximate surface area is 104 Å². The van der Waals surface area contributed by atoms with Crippen molar-refractivity contribution in [1.29, 1.82) is 0 Å². The lowest BCUT2D eigenvalue weighted by Crippen LogP contribution is -2.43. The van der Waals surface area contributed by atoms with Crippen LogP contribution in [0.15, 0.2) is 0 Å². The highest BCUT2D eigenvalue weighted by Crippen LogP contribution is 2.39. The lowest BCUT2D eigenvalue weighted by Gasteiger charge is -2.40. The minimum absolute atomic E-state index is 0.304. The number of rotatable bonds is 3. The van der Waals surface area contributed by atoms with Crippen LogP contribution < -0.4 is 0 Å². The predicted molar refractivity (Wildman–Crippen MR) is 68.0 cm³/mol. The number of carbonyl (C=O) groups is 1. The minimum Gasteiger partial charge on any atom is -0.481 e. The van der Waals surface area contributed by atoms with Crippen LogP contribution >= 0.6 is 0 Å². The van der Waals surface area contributed by atoms with Gasteiger partial charge in [0.2, 0.25) is 0 Å². The maximum atomic E-state index is 10.9. The number of nitrogens with zero attached hydrogens (tertiary/aromatic N) is 1. The molecule has 1 saturated carbocycles. The Morgan fingerprint density at radius 3 is 2.53 bits per heavy atom. The zero-order valence-corrected chi connectivity index (χ0v) is 11.1. The largest absolute Gasteiger partial charge is 0.481 e. The van der Waals surface area contributed by atoms with Gasteiger partial charge in [0.05, 0.1) is 6.42 Å². The third kappa shape index (κ3) is 3.21. The van der Waals surface area contributed by atoms with Crippen molar-refractivity contribution in [2.45, 2.75) is 70.9 Å². The molecule has 1 unspecified atom stereocenters. The number of hydrogen-bond donors (Lipinski definition) is 1. The lowest BCUT2D eigenvalue weighted by atomic mass is 9.75. The summed E-state index contributed by atoms with van der Waals surface area (Å²) in [6.45, 7) is 5.81. The first-order chi connectivity index (χ1) is 7.98. The second-order valence-electron chi connectivity index (χ2n) is 6.53. The molecule has 1 heterocycles. The van der Waals surface area contributed by atoms with Crippen LogP contribution in [-0.4, -0.2) is 34.6 Å². The molecule has 0 aromatic carbocycles. The van der Waals surface area contributed by atoms with Crippen LogP contribution in [-0.2, 0) is 4.79 Å². The summed E-state index contributed by atoms with van der Waals surface area (Å²) < 4.78 is 0. The topological polar surface area (TPSA) is 40.5 Å². The fraction of sp³-hybridized carbons (Fsp3) is 0.929. The van der Waals surface area contributed by atoms with Crippen molar-refractivity contribution in [3.63, 3.8) is 0 Å². The van der Waals surface area contributed by atoms with Crippen LogP contribution in [0.2, 0.25) is 0 Å². The SMILES string of the molecule is CC1(C)CCC(N2CCCC2CC(=O)O)CC1. The molecule has 3 heteroatoms. The summed E-state index contributed by atoms with van der Waals surface area (Å²) in [4.78, 5) is 13.3. The van der Waals surface area contributed by atoms with Crippen molar-refractivity contribution >= 4 is 5.97 Å². The van der Waals surface area contributed by atoms with Gasteiger partial charge in [0.1, 0.15) is 0 Å². The number of likely N-dealkylation sites (tertiary alicyclic amines) is 1. The highest BCUT2D eigenvalue weighted by atomic mass is 16.4. The first-order valence-corrected chi connectivity index (χ1v) is 6.95. The van der Waals surface area contributed by atoms with Crippen LogP contribution in [0.4, 0.5) is 0 Å². The highest BCUT2D eigenvalue weighted by molar-refractivity contribution is 5.67. The monoisotopic (exact) mass is 239 g/mol. The summed E-state index contributed by atoms with van der Waals surface area (Å²) in [5, 5.41) is 8.95. The smallest absolute Gasteiger partial charge is 0.304 e. The molecule has 0 bridgehead atoms. The summed E-state index contributed by atoms with van der Waals surface area (Å²) >= 11 is 0. The van der Waals surface area contributed by atoms with Crippen LogP contribution in [0.1, 0.15) is 58.8 Å². The van der Waals surface area contributed by atoms with Gasteiger partial charge in [-0.25, -0.2) is 0 Å². The molecule has 3 nitrogen and oxygen atoms in total. The Morgan fingerprint density at radius 1 is 1.29 bits per heavy atom. The molecule has 2 rings (SSSR count). The Kier molecular flexibility index (Phi) is 3.76. The second kappa shape index (κ2) is 4.97. The van der Waals surface area contributed by atoms with Crippen molar-refractivity contribution in [2.75, 3.05) is 6.54 Å². The molecule has 0 aromatic heterocycles. The third-order valence-corrected chi connectivity index (χ3v) is 4.61. The van der Waals surface area contributed by atoms with Crippen molar-refractivity contribution in [3.8, 4) is 0 Å². The van der Waals surface area contributed by atoms with E-state index in [1.165, 1.54) is 32.1 Å². The van der Waals surface area contributed by atoms with Crippen LogP contribution in [0.5, 0.6) is 0 Å². The minimum atomic E-state index is -0.641. The molecule has 0 amide bonds. The molecule has 1 aliphatic heterocycles. The van der Waals surface area contributed by atoms with Crippen molar-refractivity contribution in [2.24, 2.45) is 5.41 Å². The fourth-order valence-corrected chi connectivity index (χ4v) is 3.48. The van der Waals surface area contributed by atoms with E-state index in [1.807, 2.05) is 0 Å². The van der Waals surface area contributed by atoms with Gasteiger partial charge in [0.15, 0.2) is 0 Å². The van der Waals surface area contributed by atoms with E-state index in [-0.39, 0.29) is 0 Å². The van der Waals surface area contributed by atoms with Gasteiger partial charge in [-0.1, -0.05) is 13.8 Å². The van der Waals surface area contributed by atoms with E-state index in [2.05, 4.69) is 18.7 Å². The summed E-state index contributed by atoms with van der Waals surface area (Å²) in [7, 11) is 0. The van der Waals surface area contributed by atoms with Gasteiger partial charge in [-0.3, -0.25) is 9.69 Å². The molecular formula is C14H25NO2. The Balaban J connectivity index is 1.91. The van der Waals surface area contributed by atoms with Crippen LogP contribution in [0, 0.1) is 5.41 Å². The van der Waals surface area contributed by atoms with Gasteiger partial charge >= 0.3 is 5.97 Å². The summed E-state index contributed by atoms with van der Waals surface area (Å²) in [6.07, 6.45) is 7.66. The Morgan fingerprint density at radius 2 is 1.94 bits per heavy atom. The maximum Gasteiger partial charge on any atom is 0.304 e. The van der Waals surface area contributed by atoms with Gasteiger partial charge in [0.25, 0.3) is 0 Å². The zero-order valence-electron chi connectivity index (χ0n) is 11.1. The average molecular weight is 239 g/mol. The molecule has 98 valence electrons. The van der Waals surface area contributed by atoms with Gasteiger partial charge in [-0.05, 0) is 50.5 Å². The van der Waals surface area contributed by atoms with Gasteiger partial charge in [0, 0.05) is 12.1 Å². The highest BCUT2D eigenvalue weighted by Gasteiger charge is 2.35. The number of aliphatic carboxylic acids is 1. The molecule has 1 saturated heterocycles. The van der Waals surface area contributed by atoms with E-state index in [9.17, 15) is 4.79 Å². The van der Waals surface area contributed by atoms with Crippen LogP contribution in [0.25, 0.3) is 0 Å². The Bertz CT molecular complexity index is 278. The molecular weight excluding hydrogens is 214 g/mol. The van der Waals surface area contributed by atoms with Crippen molar-refractivity contribution < 1.29 is 9.90 Å². The third-order valence-electron chi connectivity index (χ3n) is 4.61. The van der Waals surface area contributed by atoms with E-state index in [0.29, 0.717) is 23.9 Å². The van der Waals surface area contributed by atoms with Crippen LogP contribution in [0.3, 0.4) is 0 Å². The molecule has 2 fully saturated rings. The second-order valence-corrected chi connectivity index (χ2v) is 6.53. The summed E-state index contributed by atoms with van der Waals surface area (Å²) in [6, 6.07) is 0.952. The van der Waals surface area contributed by atoms with Gasteiger partial charge in [-0.2, -0.15) is 0 Å². The van der Waals surface area contributed by atoms with E-state index in [0.717, 1.165) is 13.0 Å². The standard InChI is InChI=1S/C14H25NO2/c1-14(2)7-5-11(6-8-14)15-9-3-4-12(15)10-13(16)17/h11-12H,3-10H2,1-2H3,(H,16,17). The number of hydrogen-bond acceptors (Lipinski definition) is 2. The predicted octanol–water partition coefficient (Wildman–Crippen LogP) is 2.89. The summed E-state index contributed by atoms with van der Waals surface area (Å²) in [5.41, 5.74) is 0.499. The van der Waals surface area contributed by atoms with Crippen molar-refractivity contribution in [3.05, 3.63) is 0 Å². The molecule has 1 atom stereocenters. The molecule has 1 N–H and O–H groups in total. The maximum absolute atomic E-state index is 10.9. The summed E-state index contributed by atoms with van der Waals surface area (Å²) in [5.74, 6) is -0.641. The van der Waals surface area contributed by atoms with E-state index in [1.54, 1.807) is 0 Å². The molecule has 0 aromatic rings. The Hall–Kier alpha value is -0.570. The molecule has 17 heavy (non-hydrogen) atoms. The molecule has 0 spiro atoms.